The lowest BCUT2D eigenvalue weighted by Crippen LogP contribution is -2.38. The van der Waals surface area contributed by atoms with Crippen LogP contribution in [0.25, 0.3) is 0 Å². The van der Waals surface area contributed by atoms with E-state index in [1.54, 1.807) is 0 Å². The Morgan fingerprint density at radius 3 is 1.50 bits per heavy atom. The zero-order chi connectivity index (χ0) is 16.0. The fraction of sp³-hybridized carbons (Fsp3) is 0.900. The van der Waals surface area contributed by atoms with E-state index >= 15 is 0 Å². The lowest BCUT2D eigenvalue weighted by Gasteiger charge is -2.32. The quantitative estimate of drug-likeness (QED) is 0.355. The SMILES string of the molecule is CCCCCCCCCCN1C=CN(CCCCC)C1CC. The summed E-state index contributed by atoms with van der Waals surface area (Å²) in [5, 5.41) is 0. The lowest BCUT2D eigenvalue weighted by atomic mass is 10.1. The third kappa shape index (κ3) is 7.56. The lowest BCUT2D eigenvalue weighted by molar-refractivity contribution is 0.144. The first-order valence-corrected chi connectivity index (χ1v) is 10.0. The fourth-order valence-corrected chi connectivity index (χ4v) is 3.45. The van der Waals surface area contributed by atoms with Gasteiger partial charge >= 0.3 is 0 Å². The zero-order valence-electron chi connectivity index (χ0n) is 15.5. The topological polar surface area (TPSA) is 6.48 Å². The van der Waals surface area contributed by atoms with Gasteiger partial charge in [0.15, 0.2) is 0 Å². The van der Waals surface area contributed by atoms with Crippen molar-refractivity contribution in [1.29, 1.82) is 0 Å². The summed E-state index contributed by atoms with van der Waals surface area (Å²) >= 11 is 0. The number of nitrogens with zero attached hydrogens (tertiary/aromatic N) is 2. The molecule has 0 aromatic carbocycles. The molecule has 1 unspecified atom stereocenters. The van der Waals surface area contributed by atoms with Crippen molar-refractivity contribution >= 4 is 0 Å². The van der Waals surface area contributed by atoms with E-state index in [2.05, 4.69) is 43.0 Å². The Bertz CT molecular complexity index is 275. The first-order valence-electron chi connectivity index (χ1n) is 10.0. The molecule has 0 radical (unpaired) electrons. The van der Waals surface area contributed by atoms with E-state index in [1.165, 1.54) is 90.1 Å². The van der Waals surface area contributed by atoms with Gasteiger partial charge in [0.1, 0.15) is 6.17 Å². The largest absolute Gasteiger partial charge is 0.356 e. The summed E-state index contributed by atoms with van der Waals surface area (Å²) < 4.78 is 0. The number of hydrogen-bond acceptors (Lipinski definition) is 2. The van der Waals surface area contributed by atoms with Crippen LogP contribution in [0.1, 0.15) is 97.8 Å². The predicted molar refractivity (Wildman–Crippen MR) is 98.8 cm³/mol. The van der Waals surface area contributed by atoms with Gasteiger partial charge in [-0.1, -0.05) is 78.6 Å². The summed E-state index contributed by atoms with van der Waals surface area (Å²) in [6.07, 6.45) is 21.8. The molecule has 1 aliphatic heterocycles. The Morgan fingerprint density at radius 1 is 0.591 bits per heavy atom. The molecule has 2 nitrogen and oxygen atoms in total. The van der Waals surface area contributed by atoms with Crippen molar-refractivity contribution in [2.75, 3.05) is 13.1 Å². The maximum absolute atomic E-state index is 2.57. The van der Waals surface area contributed by atoms with Gasteiger partial charge in [0, 0.05) is 25.5 Å². The van der Waals surface area contributed by atoms with Crippen molar-refractivity contribution in [2.45, 2.75) is 104 Å². The molecule has 0 aromatic rings. The molecule has 0 amide bonds. The van der Waals surface area contributed by atoms with E-state index < -0.39 is 0 Å². The maximum Gasteiger partial charge on any atom is 0.100 e. The van der Waals surface area contributed by atoms with Crippen molar-refractivity contribution < 1.29 is 0 Å². The third-order valence-electron chi connectivity index (χ3n) is 4.87. The Morgan fingerprint density at radius 2 is 1.00 bits per heavy atom. The molecule has 0 saturated carbocycles. The highest BCUT2D eigenvalue weighted by Crippen LogP contribution is 2.20. The maximum atomic E-state index is 2.57. The summed E-state index contributed by atoms with van der Waals surface area (Å²) in [5.74, 6) is 0. The van der Waals surface area contributed by atoms with Gasteiger partial charge in [-0.3, -0.25) is 0 Å². The Hall–Kier alpha value is -0.660. The average molecular weight is 309 g/mol. The van der Waals surface area contributed by atoms with Crippen LogP contribution in [0.5, 0.6) is 0 Å². The van der Waals surface area contributed by atoms with Crippen LogP contribution in [0.2, 0.25) is 0 Å². The van der Waals surface area contributed by atoms with E-state index in [4.69, 9.17) is 0 Å². The number of hydrogen-bond donors (Lipinski definition) is 0. The summed E-state index contributed by atoms with van der Waals surface area (Å²) in [7, 11) is 0. The number of rotatable bonds is 14. The zero-order valence-corrected chi connectivity index (χ0v) is 15.5. The van der Waals surface area contributed by atoms with E-state index in [-0.39, 0.29) is 0 Å². The molecule has 0 N–H and O–H groups in total. The molecule has 1 heterocycles. The first kappa shape index (κ1) is 19.4. The second kappa shape index (κ2) is 12.8. The molecular formula is C20H40N2. The Labute approximate surface area is 139 Å². The van der Waals surface area contributed by atoms with Crippen LogP contribution < -0.4 is 0 Å². The molecule has 0 spiro atoms. The molecule has 0 saturated heterocycles. The van der Waals surface area contributed by atoms with Gasteiger partial charge in [-0.15, -0.1) is 0 Å². The Balaban J connectivity index is 2.08. The van der Waals surface area contributed by atoms with Gasteiger partial charge in [-0.25, -0.2) is 0 Å². The normalized spacial score (nSPS) is 17.7. The minimum atomic E-state index is 0.626. The molecule has 1 rings (SSSR count). The molecule has 0 aliphatic carbocycles. The van der Waals surface area contributed by atoms with Gasteiger partial charge in [0.2, 0.25) is 0 Å². The van der Waals surface area contributed by atoms with Crippen LogP contribution in [-0.4, -0.2) is 29.1 Å². The third-order valence-corrected chi connectivity index (χ3v) is 4.87. The van der Waals surface area contributed by atoms with Crippen molar-refractivity contribution in [3.8, 4) is 0 Å². The molecule has 2 heteroatoms. The molecule has 0 aromatic heterocycles. The van der Waals surface area contributed by atoms with E-state index in [0.717, 1.165) is 0 Å². The second-order valence-corrected chi connectivity index (χ2v) is 6.84. The van der Waals surface area contributed by atoms with Gasteiger partial charge in [-0.2, -0.15) is 0 Å². The fourth-order valence-electron chi connectivity index (χ4n) is 3.45. The molecule has 22 heavy (non-hydrogen) atoms. The van der Waals surface area contributed by atoms with E-state index in [0.29, 0.717) is 6.17 Å². The summed E-state index contributed by atoms with van der Waals surface area (Å²) in [4.78, 5) is 5.13. The summed E-state index contributed by atoms with van der Waals surface area (Å²) in [5.41, 5.74) is 0. The summed E-state index contributed by atoms with van der Waals surface area (Å²) in [6, 6.07) is 0. The van der Waals surface area contributed by atoms with Crippen LogP contribution in [0, 0.1) is 0 Å². The average Bonchev–Trinajstić information content (AvgIpc) is 2.92. The standard InChI is InChI=1S/C20H40N2/c1-4-7-9-10-11-12-13-15-17-22-19-18-21(20(22)6-3)16-14-8-5-2/h18-20H,4-17H2,1-3H3. The number of unbranched alkanes of at least 4 members (excludes halogenated alkanes) is 9. The minimum absolute atomic E-state index is 0.626. The highest BCUT2D eigenvalue weighted by Gasteiger charge is 2.23. The van der Waals surface area contributed by atoms with Gasteiger partial charge in [-0.05, 0) is 19.3 Å². The minimum Gasteiger partial charge on any atom is -0.356 e. The first-order chi connectivity index (χ1) is 10.8. The Kier molecular flexibility index (Phi) is 11.3. The highest BCUT2D eigenvalue weighted by atomic mass is 15.4. The molecule has 1 aliphatic rings. The highest BCUT2D eigenvalue weighted by molar-refractivity contribution is 4.96. The van der Waals surface area contributed by atoms with Crippen molar-refractivity contribution in [3.05, 3.63) is 12.4 Å². The van der Waals surface area contributed by atoms with Gasteiger partial charge in [0.05, 0.1) is 0 Å². The molecule has 0 fully saturated rings. The van der Waals surface area contributed by atoms with Crippen molar-refractivity contribution in [3.63, 3.8) is 0 Å². The van der Waals surface area contributed by atoms with E-state index in [1.807, 2.05) is 0 Å². The molecule has 130 valence electrons. The summed E-state index contributed by atoms with van der Waals surface area (Å²) in [6.45, 7) is 9.38. The molecular weight excluding hydrogens is 268 g/mol. The second-order valence-electron chi connectivity index (χ2n) is 6.84. The van der Waals surface area contributed by atoms with E-state index in [9.17, 15) is 0 Å². The van der Waals surface area contributed by atoms with Gasteiger partial charge < -0.3 is 9.80 Å². The van der Waals surface area contributed by atoms with Crippen LogP contribution in [0.3, 0.4) is 0 Å². The van der Waals surface area contributed by atoms with Crippen molar-refractivity contribution in [1.82, 2.24) is 9.80 Å². The van der Waals surface area contributed by atoms with Crippen LogP contribution in [-0.2, 0) is 0 Å². The van der Waals surface area contributed by atoms with Gasteiger partial charge in [0.25, 0.3) is 0 Å². The van der Waals surface area contributed by atoms with Crippen LogP contribution in [0.4, 0.5) is 0 Å². The molecule has 1 atom stereocenters. The van der Waals surface area contributed by atoms with Crippen LogP contribution in [0.15, 0.2) is 12.4 Å². The smallest absolute Gasteiger partial charge is 0.100 e. The monoisotopic (exact) mass is 308 g/mol. The predicted octanol–water partition coefficient (Wildman–Crippen LogP) is 6.14. The van der Waals surface area contributed by atoms with Crippen LogP contribution >= 0.6 is 0 Å². The molecule has 0 bridgehead atoms. The van der Waals surface area contributed by atoms with Crippen molar-refractivity contribution in [2.24, 2.45) is 0 Å².